The average molecular weight is 363 g/mol. The molecule has 8 heteroatoms. The zero-order chi connectivity index (χ0) is 18.7. The van der Waals surface area contributed by atoms with E-state index in [1.54, 1.807) is 20.0 Å². The highest BCUT2D eigenvalue weighted by atomic mass is 16.5. The van der Waals surface area contributed by atoms with Gasteiger partial charge in [-0.15, -0.1) is 0 Å². The summed E-state index contributed by atoms with van der Waals surface area (Å²) in [6.07, 6.45) is 1.70. The molecular weight excluding hydrogens is 334 g/mol. The monoisotopic (exact) mass is 363 g/mol. The predicted octanol–water partition coefficient (Wildman–Crippen LogP) is 0.817. The fraction of sp³-hybridized carbons (Fsp3) is 0.722. The lowest BCUT2D eigenvalue weighted by Crippen LogP contribution is -2.47. The van der Waals surface area contributed by atoms with Gasteiger partial charge >= 0.3 is 5.97 Å². The number of carbonyl (C=O) groups is 1. The van der Waals surface area contributed by atoms with Gasteiger partial charge < -0.3 is 24.5 Å². The second-order valence-corrected chi connectivity index (χ2v) is 7.36. The van der Waals surface area contributed by atoms with Crippen LogP contribution >= 0.6 is 0 Å². The van der Waals surface area contributed by atoms with E-state index in [0.29, 0.717) is 37.8 Å². The lowest BCUT2D eigenvalue weighted by Gasteiger charge is -2.36. The maximum absolute atomic E-state index is 11.8. The van der Waals surface area contributed by atoms with E-state index < -0.39 is 11.4 Å². The topological polar surface area (TPSA) is 82.0 Å². The molecule has 0 radical (unpaired) electrons. The Bertz CT molecular complexity index is 638. The number of anilines is 2. The fourth-order valence-corrected chi connectivity index (χ4v) is 3.35. The Kier molecular flexibility index (Phi) is 5.62. The summed E-state index contributed by atoms with van der Waals surface area (Å²) in [5.74, 6) is 0.538. The van der Waals surface area contributed by atoms with Crippen molar-refractivity contribution in [2.75, 3.05) is 68.8 Å². The highest BCUT2D eigenvalue weighted by Gasteiger charge is 2.35. The minimum absolute atomic E-state index is 0.626. The molecule has 3 heterocycles. The number of nitrogens with zero attached hydrogens (tertiary/aromatic N) is 5. The number of likely N-dealkylation sites (N-methyl/N-ethyl adjacent to an activating group) is 1. The van der Waals surface area contributed by atoms with Gasteiger partial charge in [0.1, 0.15) is 5.82 Å². The number of ether oxygens (including phenoxy) is 1. The van der Waals surface area contributed by atoms with E-state index >= 15 is 0 Å². The zero-order valence-corrected chi connectivity index (χ0v) is 15.9. The Balaban J connectivity index is 1.92. The van der Waals surface area contributed by atoms with Crippen LogP contribution in [0.2, 0.25) is 0 Å². The molecule has 2 saturated heterocycles. The third-order valence-corrected chi connectivity index (χ3v) is 5.38. The second-order valence-electron chi connectivity index (χ2n) is 7.36. The average Bonchev–Trinajstić information content (AvgIpc) is 2.68. The summed E-state index contributed by atoms with van der Waals surface area (Å²) in [7, 11) is 0. The summed E-state index contributed by atoms with van der Waals surface area (Å²) < 4.78 is 5.45. The van der Waals surface area contributed by atoms with Crippen molar-refractivity contribution in [2.24, 2.45) is 0 Å². The number of aliphatic carboxylic acids is 1. The van der Waals surface area contributed by atoms with Gasteiger partial charge in [-0.3, -0.25) is 4.79 Å². The van der Waals surface area contributed by atoms with Crippen molar-refractivity contribution >= 4 is 17.7 Å². The summed E-state index contributed by atoms with van der Waals surface area (Å²) in [6, 6.07) is 0. The molecule has 26 heavy (non-hydrogen) atoms. The van der Waals surface area contributed by atoms with Crippen molar-refractivity contribution in [2.45, 2.75) is 26.2 Å². The molecule has 1 aromatic rings. The lowest BCUT2D eigenvalue weighted by atomic mass is 9.85. The molecule has 0 unspecified atom stereocenters. The zero-order valence-electron chi connectivity index (χ0n) is 15.9. The SMILES string of the molecule is CCN1CCN(c2ncc(C(C)(C)C(=O)O)c(N3CCOCC3)n2)CC1. The van der Waals surface area contributed by atoms with E-state index in [1.807, 2.05) is 0 Å². The number of hydrogen-bond donors (Lipinski definition) is 1. The van der Waals surface area contributed by atoms with Crippen molar-refractivity contribution in [3.8, 4) is 0 Å². The maximum atomic E-state index is 11.8. The number of carboxylic acid groups (broad SMARTS) is 1. The Morgan fingerprint density at radius 3 is 2.38 bits per heavy atom. The largest absolute Gasteiger partial charge is 0.481 e. The van der Waals surface area contributed by atoms with Gasteiger partial charge in [0.05, 0.1) is 18.6 Å². The first-order chi connectivity index (χ1) is 12.4. The van der Waals surface area contributed by atoms with Crippen LogP contribution in [-0.2, 0) is 14.9 Å². The number of morpholine rings is 1. The molecule has 1 N–H and O–H groups in total. The van der Waals surface area contributed by atoms with Crippen LogP contribution in [0.3, 0.4) is 0 Å². The molecule has 0 bridgehead atoms. The molecule has 8 nitrogen and oxygen atoms in total. The Labute approximate surface area is 154 Å². The summed E-state index contributed by atoms with van der Waals surface area (Å²) in [6.45, 7) is 13.1. The van der Waals surface area contributed by atoms with E-state index in [4.69, 9.17) is 9.72 Å². The normalized spacial score (nSPS) is 19.7. The highest BCUT2D eigenvalue weighted by molar-refractivity contribution is 5.82. The molecule has 3 rings (SSSR count). The van der Waals surface area contributed by atoms with Crippen LogP contribution in [-0.4, -0.2) is 85.0 Å². The first-order valence-corrected chi connectivity index (χ1v) is 9.34. The molecule has 2 fully saturated rings. The van der Waals surface area contributed by atoms with Crippen LogP contribution in [0, 0.1) is 0 Å². The predicted molar refractivity (Wildman–Crippen MR) is 100 cm³/mol. The second kappa shape index (κ2) is 7.75. The third-order valence-electron chi connectivity index (χ3n) is 5.38. The highest BCUT2D eigenvalue weighted by Crippen LogP contribution is 2.32. The number of hydrogen-bond acceptors (Lipinski definition) is 7. The molecule has 0 aromatic carbocycles. The van der Waals surface area contributed by atoms with Crippen LogP contribution in [0.15, 0.2) is 6.20 Å². The molecular formula is C18H29N5O3. The van der Waals surface area contributed by atoms with Gasteiger partial charge in [0, 0.05) is 51.0 Å². The Morgan fingerprint density at radius 1 is 1.15 bits per heavy atom. The summed E-state index contributed by atoms with van der Waals surface area (Å²) in [5.41, 5.74) is -0.393. The van der Waals surface area contributed by atoms with Crippen molar-refractivity contribution in [1.29, 1.82) is 0 Å². The van der Waals surface area contributed by atoms with Crippen LogP contribution < -0.4 is 9.80 Å². The number of rotatable bonds is 5. The number of aromatic nitrogens is 2. The Morgan fingerprint density at radius 2 is 1.81 bits per heavy atom. The van der Waals surface area contributed by atoms with Gasteiger partial charge in [-0.1, -0.05) is 6.92 Å². The van der Waals surface area contributed by atoms with Crippen molar-refractivity contribution in [3.63, 3.8) is 0 Å². The van der Waals surface area contributed by atoms with Gasteiger partial charge in [0.25, 0.3) is 0 Å². The van der Waals surface area contributed by atoms with Crippen LogP contribution in [0.4, 0.5) is 11.8 Å². The van der Waals surface area contributed by atoms with E-state index in [-0.39, 0.29) is 0 Å². The van der Waals surface area contributed by atoms with E-state index in [1.165, 1.54) is 0 Å². The summed E-state index contributed by atoms with van der Waals surface area (Å²) >= 11 is 0. The smallest absolute Gasteiger partial charge is 0.313 e. The van der Waals surface area contributed by atoms with Gasteiger partial charge in [-0.25, -0.2) is 4.98 Å². The summed E-state index contributed by atoms with van der Waals surface area (Å²) in [4.78, 5) is 27.9. The molecule has 2 aliphatic heterocycles. The van der Waals surface area contributed by atoms with Crippen molar-refractivity contribution < 1.29 is 14.6 Å². The fourth-order valence-electron chi connectivity index (χ4n) is 3.35. The number of piperazine rings is 1. The molecule has 0 amide bonds. The number of carboxylic acids is 1. The quantitative estimate of drug-likeness (QED) is 0.823. The van der Waals surface area contributed by atoms with Crippen molar-refractivity contribution in [3.05, 3.63) is 11.8 Å². The molecule has 144 valence electrons. The van der Waals surface area contributed by atoms with Crippen LogP contribution in [0.1, 0.15) is 26.3 Å². The first-order valence-electron chi connectivity index (χ1n) is 9.34. The van der Waals surface area contributed by atoms with Crippen LogP contribution in [0.5, 0.6) is 0 Å². The van der Waals surface area contributed by atoms with E-state index in [0.717, 1.165) is 38.5 Å². The lowest BCUT2D eigenvalue weighted by molar-refractivity contribution is -0.142. The molecule has 0 aliphatic carbocycles. The van der Waals surface area contributed by atoms with Crippen molar-refractivity contribution in [1.82, 2.24) is 14.9 Å². The molecule has 0 atom stereocenters. The molecule has 2 aliphatic rings. The van der Waals surface area contributed by atoms with Gasteiger partial charge in [-0.05, 0) is 20.4 Å². The summed E-state index contributed by atoms with van der Waals surface area (Å²) in [5, 5.41) is 9.68. The van der Waals surface area contributed by atoms with Gasteiger partial charge in [-0.2, -0.15) is 4.98 Å². The van der Waals surface area contributed by atoms with Crippen LogP contribution in [0.25, 0.3) is 0 Å². The third kappa shape index (κ3) is 3.76. The minimum atomic E-state index is -1.05. The van der Waals surface area contributed by atoms with Gasteiger partial charge in [0.2, 0.25) is 5.95 Å². The van der Waals surface area contributed by atoms with E-state index in [2.05, 4.69) is 26.6 Å². The van der Waals surface area contributed by atoms with Gasteiger partial charge in [0.15, 0.2) is 0 Å². The molecule has 1 aromatic heterocycles. The maximum Gasteiger partial charge on any atom is 0.313 e. The standard InChI is InChI=1S/C18H29N5O3/c1-4-21-5-7-23(8-6-21)17-19-13-14(18(2,3)16(24)25)15(20-17)22-9-11-26-12-10-22/h13H,4-12H2,1-3H3,(H,24,25). The molecule has 0 saturated carbocycles. The molecule has 0 spiro atoms. The Hall–Kier alpha value is -1.93. The van der Waals surface area contributed by atoms with E-state index in [9.17, 15) is 9.90 Å². The minimum Gasteiger partial charge on any atom is -0.481 e. The first kappa shape index (κ1) is 18.8.